The van der Waals surface area contributed by atoms with Gasteiger partial charge in [0.25, 0.3) is 0 Å². The third-order valence-corrected chi connectivity index (χ3v) is 5.70. The topological polar surface area (TPSA) is 17.8 Å². The van der Waals surface area contributed by atoms with E-state index in [2.05, 4.69) is 59.8 Å². The van der Waals surface area contributed by atoms with Crippen molar-refractivity contribution in [2.75, 3.05) is 5.75 Å². The molecule has 0 fully saturated rings. The van der Waals surface area contributed by atoms with Crippen LogP contribution in [-0.2, 0) is 6.54 Å². The number of hydrogen-bond acceptors (Lipinski definition) is 2. The SMILES string of the molecule is Cc1cc2ncn(CC3CSc4ccccc43)c2cc1C. The van der Waals surface area contributed by atoms with Crippen molar-refractivity contribution in [2.45, 2.75) is 31.2 Å². The highest BCUT2D eigenvalue weighted by Gasteiger charge is 2.23. The molecule has 0 saturated carbocycles. The number of imidazole rings is 1. The Morgan fingerprint density at radius 3 is 2.90 bits per heavy atom. The molecule has 3 aromatic rings. The van der Waals surface area contributed by atoms with E-state index < -0.39 is 0 Å². The highest BCUT2D eigenvalue weighted by Crippen LogP contribution is 2.40. The first-order valence-electron chi connectivity index (χ1n) is 7.36. The van der Waals surface area contributed by atoms with Crippen LogP contribution in [0.5, 0.6) is 0 Å². The first-order valence-corrected chi connectivity index (χ1v) is 8.35. The smallest absolute Gasteiger partial charge is 0.0958 e. The van der Waals surface area contributed by atoms with Crippen molar-refractivity contribution < 1.29 is 0 Å². The average Bonchev–Trinajstić information content (AvgIpc) is 3.06. The van der Waals surface area contributed by atoms with Crippen LogP contribution in [0.1, 0.15) is 22.6 Å². The predicted octanol–water partition coefficient (Wildman–Crippen LogP) is 4.54. The molecule has 1 atom stereocenters. The minimum atomic E-state index is 0.588. The highest BCUT2D eigenvalue weighted by molar-refractivity contribution is 7.99. The third-order valence-electron chi connectivity index (χ3n) is 4.45. The van der Waals surface area contributed by atoms with Crippen molar-refractivity contribution in [3.05, 3.63) is 59.4 Å². The van der Waals surface area contributed by atoms with E-state index in [1.807, 2.05) is 18.1 Å². The van der Waals surface area contributed by atoms with E-state index in [4.69, 9.17) is 0 Å². The van der Waals surface area contributed by atoms with Gasteiger partial charge in [-0.3, -0.25) is 0 Å². The molecule has 0 radical (unpaired) electrons. The first-order chi connectivity index (χ1) is 10.2. The van der Waals surface area contributed by atoms with Gasteiger partial charge in [-0.15, -0.1) is 11.8 Å². The Bertz CT molecular complexity index is 819. The van der Waals surface area contributed by atoms with Crippen molar-refractivity contribution in [3.8, 4) is 0 Å². The molecule has 2 nitrogen and oxygen atoms in total. The number of benzene rings is 2. The largest absolute Gasteiger partial charge is 0.330 e. The van der Waals surface area contributed by atoms with Gasteiger partial charge in [-0.25, -0.2) is 4.98 Å². The second-order valence-corrected chi connectivity index (χ2v) is 6.93. The summed E-state index contributed by atoms with van der Waals surface area (Å²) in [6.45, 7) is 5.34. The standard InChI is InChI=1S/C18H18N2S/c1-12-7-16-17(8-13(12)2)20(11-19-16)9-14-10-21-18-6-4-3-5-15(14)18/h3-8,11,14H,9-10H2,1-2H3. The lowest BCUT2D eigenvalue weighted by molar-refractivity contribution is 0.618. The summed E-state index contributed by atoms with van der Waals surface area (Å²) in [6, 6.07) is 13.3. The summed E-state index contributed by atoms with van der Waals surface area (Å²) >= 11 is 1.98. The number of nitrogens with zero attached hydrogens (tertiary/aromatic N) is 2. The first kappa shape index (κ1) is 13.0. The zero-order chi connectivity index (χ0) is 14.4. The summed E-state index contributed by atoms with van der Waals surface area (Å²) in [7, 11) is 0. The third kappa shape index (κ3) is 2.16. The zero-order valence-corrected chi connectivity index (χ0v) is 13.2. The van der Waals surface area contributed by atoms with Gasteiger partial charge in [0.05, 0.1) is 17.4 Å². The zero-order valence-electron chi connectivity index (χ0n) is 12.3. The van der Waals surface area contributed by atoms with Crippen LogP contribution in [0.2, 0.25) is 0 Å². The molecule has 2 heterocycles. The van der Waals surface area contributed by atoms with Gasteiger partial charge < -0.3 is 4.57 Å². The number of hydrogen-bond donors (Lipinski definition) is 0. The van der Waals surface area contributed by atoms with Crippen LogP contribution in [0.25, 0.3) is 11.0 Å². The molecule has 1 aliphatic rings. The van der Waals surface area contributed by atoms with Crippen LogP contribution in [0.3, 0.4) is 0 Å². The van der Waals surface area contributed by atoms with E-state index in [9.17, 15) is 0 Å². The summed E-state index contributed by atoms with van der Waals surface area (Å²) in [6.07, 6.45) is 2.00. The van der Waals surface area contributed by atoms with Crippen LogP contribution >= 0.6 is 11.8 Å². The second kappa shape index (κ2) is 4.92. The molecule has 0 bridgehead atoms. The maximum atomic E-state index is 4.57. The van der Waals surface area contributed by atoms with Gasteiger partial charge >= 0.3 is 0 Å². The monoisotopic (exact) mass is 294 g/mol. The lowest BCUT2D eigenvalue weighted by Crippen LogP contribution is -2.08. The van der Waals surface area contributed by atoms with Crippen molar-refractivity contribution >= 4 is 22.8 Å². The summed E-state index contributed by atoms with van der Waals surface area (Å²) in [5, 5.41) is 0. The average molecular weight is 294 g/mol. The minimum Gasteiger partial charge on any atom is -0.330 e. The number of thioether (sulfide) groups is 1. The maximum absolute atomic E-state index is 4.57. The number of rotatable bonds is 2. The Hall–Kier alpha value is -1.74. The van der Waals surface area contributed by atoms with Crippen LogP contribution in [0.15, 0.2) is 47.6 Å². The van der Waals surface area contributed by atoms with Gasteiger partial charge in [-0.1, -0.05) is 18.2 Å². The second-order valence-electron chi connectivity index (χ2n) is 5.87. The maximum Gasteiger partial charge on any atom is 0.0958 e. The van der Waals surface area contributed by atoms with Crippen LogP contribution in [0.4, 0.5) is 0 Å². The van der Waals surface area contributed by atoms with Crippen molar-refractivity contribution in [3.63, 3.8) is 0 Å². The normalized spacial score (nSPS) is 17.3. The highest BCUT2D eigenvalue weighted by atomic mass is 32.2. The summed E-state index contributed by atoms with van der Waals surface area (Å²) in [5.41, 5.74) is 6.51. The fourth-order valence-corrected chi connectivity index (χ4v) is 4.32. The predicted molar refractivity (Wildman–Crippen MR) is 89.1 cm³/mol. The molecule has 3 heteroatoms. The lowest BCUT2D eigenvalue weighted by atomic mass is 10.0. The molecule has 4 rings (SSSR count). The Labute approximate surface area is 129 Å². The molecular weight excluding hydrogens is 276 g/mol. The lowest BCUT2D eigenvalue weighted by Gasteiger charge is -2.13. The molecule has 0 spiro atoms. The van der Waals surface area contributed by atoms with E-state index in [1.165, 1.54) is 32.9 Å². The molecule has 1 aliphatic heterocycles. The molecule has 0 aliphatic carbocycles. The van der Waals surface area contributed by atoms with Gasteiger partial charge in [0.15, 0.2) is 0 Å². The van der Waals surface area contributed by atoms with Crippen molar-refractivity contribution in [2.24, 2.45) is 0 Å². The summed E-state index contributed by atoms with van der Waals surface area (Å²) < 4.78 is 2.31. The van der Waals surface area contributed by atoms with Gasteiger partial charge in [0.1, 0.15) is 0 Å². The van der Waals surface area contributed by atoms with Crippen LogP contribution < -0.4 is 0 Å². The Kier molecular flexibility index (Phi) is 3.03. The molecule has 1 aromatic heterocycles. The fourth-order valence-electron chi connectivity index (χ4n) is 3.08. The van der Waals surface area contributed by atoms with Crippen molar-refractivity contribution in [1.29, 1.82) is 0 Å². The van der Waals surface area contributed by atoms with Crippen LogP contribution in [-0.4, -0.2) is 15.3 Å². The Balaban J connectivity index is 1.71. The molecule has 0 amide bonds. The number of fused-ring (bicyclic) bond motifs is 2. The van der Waals surface area contributed by atoms with Gasteiger partial charge in [-0.05, 0) is 48.7 Å². The molecule has 1 unspecified atom stereocenters. The summed E-state index contributed by atoms with van der Waals surface area (Å²) in [5.74, 6) is 1.76. The summed E-state index contributed by atoms with van der Waals surface area (Å²) in [4.78, 5) is 6.02. The molecule has 0 saturated heterocycles. The van der Waals surface area contributed by atoms with Crippen molar-refractivity contribution in [1.82, 2.24) is 9.55 Å². The van der Waals surface area contributed by atoms with E-state index in [-0.39, 0.29) is 0 Å². The Morgan fingerprint density at radius 2 is 2.00 bits per heavy atom. The van der Waals surface area contributed by atoms with Gasteiger partial charge in [-0.2, -0.15) is 0 Å². The minimum absolute atomic E-state index is 0.588. The van der Waals surface area contributed by atoms with E-state index in [0.29, 0.717) is 5.92 Å². The van der Waals surface area contributed by atoms with Gasteiger partial charge in [0, 0.05) is 23.1 Å². The molecular formula is C18H18N2S. The number of aryl methyl sites for hydroxylation is 2. The molecule has 106 valence electrons. The fraction of sp³-hybridized carbons (Fsp3) is 0.278. The Morgan fingerprint density at radius 1 is 1.19 bits per heavy atom. The van der Waals surface area contributed by atoms with Crippen LogP contribution in [0, 0.1) is 13.8 Å². The van der Waals surface area contributed by atoms with E-state index in [1.54, 1.807) is 0 Å². The quantitative estimate of drug-likeness (QED) is 0.690. The molecule has 2 aromatic carbocycles. The molecule has 21 heavy (non-hydrogen) atoms. The van der Waals surface area contributed by atoms with Gasteiger partial charge in [0.2, 0.25) is 0 Å². The molecule has 0 N–H and O–H groups in total. The van der Waals surface area contributed by atoms with E-state index in [0.717, 1.165) is 12.1 Å². The van der Waals surface area contributed by atoms with E-state index >= 15 is 0 Å². The number of aromatic nitrogens is 2.